The molecule has 2 aromatic rings. The number of aliphatic hydroxyl groups is 1. The minimum absolute atomic E-state index is 0.0186. The van der Waals surface area contributed by atoms with Crippen molar-refractivity contribution in [2.45, 2.75) is 45.9 Å². The van der Waals surface area contributed by atoms with Crippen molar-refractivity contribution in [3.8, 4) is 11.5 Å². The molecule has 0 heterocycles. The fourth-order valence-corrected chi connectivity index (χ4v) is 4.80. The second kappa shape index (κ2) is 12.1. The van der Waals surface area contributed by atoms with Crippen LogP contribution in [0.4, 0.5) is 11.4 Å². The van der Waals surface area contributed by atoms with E-state index in [0.717, 1.165) is 12.0 Å². The Labute approximate surface area is 202 Å². The number of hydrogen-bond acceptors (Lipinski definition) is 6. The van der Waals surface area contributed by atoms with E-state index in [-0.39, 0.29) is 35.7 Å². The van der Waals surface area contributed by atoms with Gasteiger partial charge in [0.2, 0.25) is 5.91 Å². The summed E-state index contributed by atoms with van der Waals surface area (Å²) < 4.78 is 39.5. The lowest BCUT2D eigenvalue weighted by Crippen LogP contribution is -2.30. The maximum absolute atomic E-state index is 13.5. The molecule has 0 saturated carbocycles. The first-order chi connectivity index (χ1) is 16.1. The van der Waals surface area contributed by atoms with E-state index in [1.165, 1.54) is 29.6 Å². The van der Waals surface area contributed by atoms with E-state index < -0.39 is 15.9 Å². The van der Waals surface area contributed by atoms with Crippen LogP contribution in [0.1, 0.15) is 40.2 Å². The van der Waals surface area contributed by atoms with Crippen LogP contribution in [0.25, 0.3) is 0 Å². The van der Waals surface area contributed by atoms with Gasteiger partial charge in [0.05, 0.1) is 31.4 Å². The van der Waals surface area contributed by atoms with Gasteiger partial charge in [-0.05, 0) is 49.9 Å². The molecule has 0 aromatic heterocycles. The van der Waals surface area contributed by atoms with E-state index in [1.807, 2.05) is 33.8 Å². The van der Waals surface area contributed by atoms with E-state index in [2.05, 4.69) is 5.32 Å². The predicted molar refractivity (Wildman–Crippen MR) is 134 cm³/mol. The number of anilines is 2. The summed E-state index contributed by atoms with van der Waals surface area (Å²) >= 11 is 0. The SMILES string of the molecule is CCOc1cc(N(C)S(=O)(=O)c2ccc(NC(=O)[C@@H](CO)C(C)C)cc2OCC)ccc1CC. The van der Waals surface area contributed by atoms with Gasteiger partial charge < -0.3 is 19.9 Å². The Morgan fingerprint density at radius 3 is 2.24 bits per heavy atom. The summed E-state index contributed by atoms with van der Waals surface area (Å²) in [5, 5.41) is 12.3. The molecule has 2 rings (SSSR count). The average molecular weight is 493 g/mol. The number of amides is 1. The Bertz CT molecular complexity index is 1080. The first-order valence-electron chi connectivity index (χ1n) is 11.5. The maximum Gasteiger partial charge on any atom is 0.267 e. The Balaban J connectivity index is 2.42. The van der Waals surface area contributed by atoms with Gasteiger partial charge in [0.1, 0.15) is 16.4 Å². The molecule has 8 nitrogen and oxygen atoms in total. The minimum atomic E-state index is -3.98. The lowest BCUT2D eigenvalue weighted by atomic mass is 9.96. The van der Waals surface area contributed by atoms with Crippen LogP contribution in [0.2, 0.25) is 0 Å². The van der Waals surface area contributed by atoms with Gasteiger partial charge in [-0.3, -0.25) is 9.10 Å². The lowest BCUT2D eigenvalue weighted by molar-refractivity contribution is -0.122. The highest BCUT2D eigenvalue weighted by Crippen LogP contribution is 2.34. The molecule has 0 fully saturated rings. The molecule has 0 unspecified atom stereocenters. The molecule has 188 valence electrons. The maximum atomic E-state index is 13.5. The van der Waals surface area contributed by atoms with Gasteiger partial charge in [-0.1, -0.05) is 26.8 Å². The van der Waals surface area contributed by atoms with Crippen molar-refractivity contribution >= 4 is 27.3 Å². The summed E-state index contributed by atoms with van der Waals surface area (Å²) in [7, 11) is -2.50. The zero-order valence-corrected chi connectivity index (χ0v) is 21.6. The molecule has 0 aliphatic carbocycles. The fraction of sp³-hybridized carbons (Fsp3) is 0.480. The zero-order chi connectivity index (χ0) is 25.5. The van der Waals surface area contributed by atoms with Crippen molar-refractivity contribution < 1.29 is 27.8 Å². The summed E-state index contributed by atoms with van der Waals surface area (Å²) in [5.41, 5.74) is 1.84. The average Bonchev–Trinajstić information content (AvgIpc) is 2.79. The van der Waals surface area contributed by atoms with Crippen LogP contribution in [-0.2, 0) is 21.2 Å². The highest BCUT2D eigenvalue weighted by atomic mass is 32.2. The number of rotatable bonds is 12. The summed E-state index contributed by atoms with van der Waals surface area (Å²) in [4.78, 5) is 12.5. The van der Waals surface area contributed by atoms with Crippen LogP contribution in [-0.4, -0.2) is 46.3 Å². The molecule has 0 bridgehead atoms. The van der Waals surface area contributed by atoms with Crippen LogP contribution in [0, 0.1) is 11.8 Å². The van der Waals surface area contributed by atoms with Crippen LogP contribution >= 0.6 is 0 Å². The number of aliphatic hydroxyl groups excluding tert-OH is 1. The normalized spacial score (nSPS) is 12.4. The minimum Gasteiger partial charge on any atom is -0.494 e. The Hall–Kier alpha value is -2.78. The smallest absolute Gasteiger partial charge is 0.267 e. The van der Waals surface area contributed by atoms with Crippen LogP contribution in [0.15, 0.2) is 41.3 Å². The second-order valence-corrected chi connectivity index (χ2v) is 10.1. The van der Waals surface area contributed by atoms with Gasteiger partial charge >= 0.3 is 0 Å². The highest BCUT2D eigenvalue weighted by molar-refractivity contribution is 7.92. The van der Waals surface area contributed by atoms with Gasteiger partial charge in [0, 0.05) is 24.9 Å². The topological polar surface area (TPSA) is 105 Å². The van der Waals surface area contributed by atoms with Gasteiger partial charge in [0.25, 0.3) is 10.0 Å². The molecule has 2 aromatic carbocycles. The number of benzene rings is 2. The monoisotopic (exact) mass is 492 g/mol. The van der Waals surface area contributed by atoms with Crippen LogP contribution in [0.5, 0.6) is 11.5 Å². The van der Waals surface area contributed by atoms with Gasteiger partial charge in [-0.15, -0.1) is 0 Å². The third kappa shape index (κ3) is 6.21. The molecule has 34 heavy (non-hydrogen) atoms. The molecule has 0 saturated heterocycles. The number of aryl methyl sites for hydroxylation is 1. The predicted octanol–water partition coefficient (Wildman–Crippen LogP) is 4.07. The number of hydrogen-bond donors (Lipinski definition) is 2. The van der Waals surface area contributed by atoms with Gasteiger partial charge in [0.15, 0.2) is 0 Å². The Morgan fingerprint density at radius 2 is 1.68 bits per heavy atom. The summed E-state index contributed by atoms with van der Waals surface area (Å²) in [6.07, 6.45) is 0.766. The van der Waals surface area contributed by atoms with Crippen molar-refractivity contribution in [3.05, 3.63) is 42.0 Å². The van der Waals surface area contributed by atoms with Crippen molar-refractivity contribution in [1.29, 1.82) is 0 Å². The lowest BCUT2D eigenvalue weighted by Gasteiger charge is -2.23. The number of ether oxygens (including phenoxy) is 2. The molecule has 0 aliphatic rings. The van der Waals surface area contributed by atoms with Crippen LogP contribution in [0.3, 0.4) is 0 Å². The summed E-state index contributed by atoms with van der Waals surface area (Å²) in [5.74, 6) is -0.183. The quantitative estimate of drug-likeness (QED) is 0.463. The third-order valence-corrected chi connectivity index (χ3v) is 7.41. The first-order valence-corrected chi connectivity index (χ1v) is 13.0. The van der Waals surface area contributed by atoms with Crippen LogP contribution < -0.4 is 19.1 Å². The molecule has 0 radical (unpaired) electrons. The molecule has 9 heteroatoms. The Kier molecular flexibility index (Phi) is 9.76. The Morgan fingerprint density at radius 1 is 1.03 bits per heavy atom. The molecule has 0 aliphatic heterocycles. The van der Waals surface area contributed by atoms with Crippen molar-refractivity contribution in [1.82, 2.24) is 0 Å². The number of carbonyl (C=O) groups excluding carboxylic acids is 1. The number of sulfonamides is 1. The van der Waals surface area contributed by atoms with Gasteiger partial charge in [-0.25, -0.2) is 8.42 Å². The fourth-order valence-electron chi connectivity index (χ4n) is 3.51. The van der Waals surface area contributed by atoms with E-state index >= 15 is 0 Å². The second-order valence-electron chi connectivity index (χ2n) is 8.17. The van der Waals surface area contributed by atoms with Crippen molar-refractivity contribution in [2.75, 3.05) is 36.5 Å². The first kappa shape index (κ1) is 27.5. The van der Waals surface area contributed by atoms with E-state index in [1.54, 1.807) is 19.1 Å². The molecular formula is C25H36N2O6S. The molecule has 2 N–H and O–H groups in total. The molecule has 1 atom stereocenters. The van der Waals surface area contributed by atoms with Crippen molar-refractivity contribution in [2.24, 2.45) is 11.8 Å². The summed E-state index contributed by atoms with van der Waals surface area (Å²) in [6, 6.07) is 9.75. The van der Waals surface area contributed by atoms with E-state index in [9.17, 15) is 18.3 Å². The van der Waals surface area contributed by atoms with Gasteiger partial charge in [-0.2, -0.15) is 0 Å². The highest BCUT2D eigenvalue weighted by Gasteiger charge is 2.27. The zero-order valence-electron chi connectivity index (χ0n) is 20.8. The standard InChI is InChI=1S/C25H36N2O6S/c1-7-18-10-12-20(15-22(18)32-8-2)27(6)34(30,31)24-13-11-19(14-23(24)33-9-3)26-25(29)21(16-28)17(4)5/h10-15,17,21,28H,7-9,16H2,1-6H3,(H,26,29)/t21-/m0/s1. The van der Waals surface area contributed by atoms with E-state index in [4.69, 9.17) is 9.47 Å². The molecule has 0 spiro atoms. The molecule has 1 amide bonds. The van der Waals surface area contributed by atoms with Crippen molar-refractivity contribution in [3.63, 3.8) is 0 Å². The van der Waals surface area contributed by atoms with E-state index in [0.29, 0.717) is 23.7 Å². The number of nitrogens with zero attached hydrogens (tertiary/aromatic N) is 1. The molecular weight excluding hydrogens is 456 g/mol. The number of nitrogens with one attached hydrogen (secondary N) is 1. The summed E-state index contributed by atoms with van der Waals surface area (Å²) in [6.45, 7) is 9.78. The third-order valence-electron chi connectivity index (χ3n) is 5.58. The largest absolute Gasteiger partial charge is 0.494 e. The number of carbonyl (C=O) groups is 1.